The molecule has 0 radical (unpaired) electrons. The number of sulfonamides is 1. The van der Waals surface area contributed by atoms with Crippen molar-refractivity contribution in [1.29, 1.82) is 10.7 Å². The van der Waals surface area contributed by atoms with Crippen molar-refractivity contribution >= 4 is 44.3 Å². The molecule has 2 rings (SSSR count). The summed E-state index contributed by atoms with van der Waals surface area (Å²) in [6.07, 6.45) is 0. The standard InChI is InChI=1S/C11H6ClN3O2S2/c1-6-2-10-9(3-8(6)12)18-11(7(4-13)5-14)15-19(10,16)17/h2-3,13H,1H3. The van der Waals surface area contributed by atoms with Crippen LogP contribution >= 0.6 is 23.4 Å². The third kappa shape index (κ3) is 2.44. The largest absolute Gasteiger partial charge is 0.284 e. The average molecular weight is 312 g/mol. The minimum absolute atomic E-state index is 0.0606. The van der Waals surface area contributed by atoms with E-state index in [1.807, 2.05) is 5.87 Å². The molecule has 0 amide bonds. The summed E-state index contributed by atoms with van der Waals surface area (Å²) < 4.78 is 27.6. The zero-order valence-electron chi connectivity index (χ0n) is 9.56. The van der Waals surface area contributed by atoms with Crippen molar-refractivity contribution in [2.45, 2.75) is 16.7 Å². The third-order valence-electron chi connectivity index (χ3n) is 2.36. The first kappa shape index (κ1) is 13.8. The number of thioether (sulfide) groups is 1. The van der Waals surface area contributed by atoms with Crippen LogP contribution in [0.15, 0.2) is 31.9 Å². The van der Waals surface area contributed by atoms with Crippen LogP contribution in [0, 0.1) is 23.7 Å². The first-order chi connectivity index (χ1) is 8.89. The van der Waals surface area contributed by atoms with Gasteiger partial charge in [0.25, 0.3) is 10.0 Å². The number of hydrogen-bond donors (Lipinski definition) is 1. The van der Waals surface area contributed by atoms with Gasteiger partial charge in [-0.05, 0) is 24.6 Å². The molecule has 5 nitrogen and oxygen atoms in total. The summed E-state index contributed by atoms with van der Waals surface area (Å²) in [4.78, 5) is 0.453. The van der Waals surface area contributed by atoms with E-state index in [0.29, 0.717) is 15.5 Å². The second-order valence-corrected chi connectivity index (χ2v) is 6.64. The summed E-state index contributed by atoms with van der Waals surface area (Å²) in [5.41, 5.74) is 0.405. The van der Waals surface area contributed by atoms with E-state index in [0.717, 1.165) is 11.8 Å². The Hall–Kier alpha value is -1.58. The first-order valence-electron chi connectivity index (χ1n) is 4.92. The van der Waals surface area contributed by atoms with Crippen molar-refractivity contribution in [3.63, 3.8) is 0 Å². The van der Waals surface area contributed by atoms with Crippen molar-refractivity contribution in [3.8, 4) is 6.07 Å². The molecule has 0 saturated carbocycles. The highest BCUT2D eigenvalue weighted by atomic mass is 35.5. The van der Waals surface area contributed by atoms with Gasteiger partial charge in [-0.25, -0.2) is 0 Å². The molecule has 19 heavy (non-hydrogen) atoms. The van der Waals surface area contributed by atoms with Gasteiger partial charge >= 0.3 is 0 Å². The third-order valence-corrected chi connectivity index (χ3v) is 5.38. The van der Waals surface area contributed by atoms with Gasteiger partial charge in [0.05, 0.1) is 0 Å². The van der Waals surface area contributed by atoms with Crippen LogP contribution in [-0.2, 0) is 10.0 Å². The summed E-state index contributed by atoms with van der Waals surface area (Å²) in [6.45, 7) is 1.69. The lowest BCUT2D eigenvalue weighted by Gasteiger charge is -2.15. The maximum atomic E-state index is 12.0. The topological polar surface area (TPSA) is 94.1 Å². The molecule has 1 aromatic rings. The molecule has 0 aromatic heterocycles. The number of nitrogens with zero attached hydrogens (tertiary/aromatic N) is 2. The molecule has 1 aliphatic rings. The van der Waals surface area contributed by atoms with E-state index in [-0.39, 0.29) is 15.5 Å². The van der Waals surface area contributed by atoms with Crippen molar-refractivity contribution in [2.75, 3.05) is 0 Å². The smallest absolute Gasteiger partial charge is 0.257 e. The van der Waals surface area contributed by atoms with E-state index in [9.17, 15) is 8.42 Å². The molecule has 0 aliphatic carbocycles. The van der Waals surface area contributed by atoms with Gasteiger partial charge in [0.2, 0.25) is 0 Å². The Balaban J connectivity index is 2.70. The van der Waals surface area contributed by atoms with Crippen LogP contribution in [0.1, 0.15) is 5.56 Å². The summed E-state index contributed by atoms with van der Waals surface area (Å²) in [6, 6.07) is 4.65. The van der Waals surface area contributed by atoms with Crippen LogP contribution in [0.4, 0.5) is 0 Å². The second-order valence-electron chi connectivity index (χ2n) is 3.63. The monoisotopic (exact) mass is 311 g/mol. The average Bonchev–Trinajstić information content (AvgIpc) is 2.33. The molecule has 0 bridgehead atoms. The SMILES string of the molecule is Cc1cc2c(cc1Cl)SC(C(=C=N)C#N)=NS2(=O)=O. The normalized spacial score (nSPS) is 15.7. The van der Waals surface area contributed by atoms with Gasteiger partial charge in [-0.2, -0.15) is 18.1 Å². The summed E-state index contributed by atoms with van der Waals surface area (Å²) in [5, 5.41) is 16.1. The van der Waals surface area contributed by atoms with Crippen LogP contribution < -0.4 is 0 Å². The molecule has 96 valence electrons. The van der Waals surface area contributed by atoms with Gasteiger partial charge < -0.3 is 0 Å². The molecule has 0 fully saturated rings. The zero-order valence-corrected chi connectivity index (χ0v) is 11.9. The Kier molecular flexibility index (Phi) is 3.52. The Labute approximate surface area is 119 Å². The lowest BCUT2D eigenvalue weighted by molar-refractivity contribution is 0.595. The molecule has 1 N–H and O–H groups in total. The molecule has 0 saturated heterocycles. The minimum atomic E-state index is -3.88. The van der Waals surface area contributed by atoms with Gasteiger partial charge in [0.1, 0.15) is 21.6 Å². The molecule has 0 unspecified atom stereocenters. The zero-order chi connectivity index (χ0) is 14.2. The lowest BCUT2D eigenvalue weighted by Crippen LogP contribution is -2.11. The number of benzene rings is 1. The number of halogens is 1. The molecule has 0 atom stereocenters. The molecule has 8 heteroatoms. The molecular weight excluding hydrogens is 306 g/mol. The van der Waals surface area contributed by atoms with Gasteiger partial charge in [-0.1, -0.05) is 23.4 Å². The van der Waals surface area contributed by atoms with Gasteiger partial charge in [-0.15, -0.1) is 0 Å². The fourth-order valence-corrected chi connectivity index (χ4v) is 4.33. The van der Waals surface area contributed by atoms with Crippen molar-refractivity contribution < 1.29 is 8.42 Å². The Morgan fingerprint density at radius 3 is 2.79 bits per heavy atom. The second kappa shape index (κ2) is 4.83. The number of nitrogens with one attached hydrogen (secondary N) is 1. The van der Waals surface area contributed by atoms with Crippen molar-refractivity contribution in [1.82, 2.24) is 0 Å². The Morgan fingerprint density at radius 1 is 1.53 bits per heavy atom. The number of nitriles is 1. The highest BCUT2D eigenvalue weighted by Crippen LogP contribution is 2.38. The van der Waals surface area contributed by atoms with Gasteiger partial charge in [0, 0.05) is 15.8 Å². The van der Waals surface area contributed by atoms with Gasteiger partial charge in [-0.3, -0.25) is 5.41 Å². The van der Waals surface area contributed by atoms with Crippen LogP contribution in [0.2, 0.25) is 5.02 Å². The summed E-state index contributed by atoms with van der Waals surface area (Å²) in [5.74, 6) is 1.87. The number of aryl methyl sites for hydroxylation is 1. The highest BCUT2D eigenvalue weighted by molar-refractivity contribution is 8.16. The maximum Gasteiger partial charge on any atom is 0.284 e. The van der Waals surface area contributed by atoms with E-state index in [2.05, 4.69) is 4.40 Å². The predicted molar refractivity (Wildman–Crippen MR) is 73.5 cm³/mol. The van der Waals surface area contributed by atoms with Crippen LogP contribution in [0.3, 0.4) is 0 Å². The van der Waals surface area contributed by atoms with Gasteiger partial charge in [0.15, 0.2) is 0 Å². The first-order valence-corrected chi connectivity index (χ1v) is 7.55. The molecule has 1 heterocycles. The lowest BCUT2D eigenvalue weighted by atomic mass is 10.2. The number of fused-ring (bicyclic) bond motifs is 1. The van der Waals surface area contributed by atoms with E-state index >= 15 is 0 Å². The van der Waals surface area contributed by atoms with Crippen molar-refractivity contribution in [2.24, 2.45) is 4.40 Å². The van der Waals surface area contributed by atoms with E-state index in [4.69, 9.17) is 22.3 Å². The Bertz CT molecular complexity index is 800. The quantitative estimate of drug-likeness (QED) is 0.637. The van der Waals surface area contributed by atoms with Crippen LogP contribution in [0.25, 0.3) is 0 Å². The molecule has 1 aliphatic heterocycles. The predicted octanol–water partition coefficient (Wildman–Crippen LogP) is 2.54. The van der Waals surface area contributed by atoms with E-state index < -0.39 is 10.0 Å². The van der Waals surface area contributed by atoms with E-state index in [1.54, 1.807) is 13.0 Å². The highest BCUT2D eigenvalue weighted by Gasteiger charge is 2.28. The minimum Gasteiger partial charge on any atom is -0.257 e. The fourth-order valence-electron chi connectivity index (χ4n) is 1.43. The summed E-state index contributed by atoms with van der Waals surface area (Å²) in [7, 11) is -3.88. The molecule has 1 aromatic carbocycles. The number of rotatable bonds is 1. The Morgan fingerprint density at radius 2 is 2.21 bits per heavy atom. The summed E-state index contributed by atoms with van der Waals surface area (Å²) >= 11 is 6.95. The molecular formula is C11H6ClN3O2S2. The number of hydrogen-bond acceptors (Lipinski definition) is 5. The van der Waals surface area contributed by atoms with Crippen LogP contribution in [-0.4, -0.2) is 19.3 Å². The van der Waals surface area contributed by atoms with Crippen LogP contribution in [0.5, 0.6) is 0 Å². The molecule has 0 spiro atoms. The fraction of sp³-hybridized carbons (Fsp3) is 0.0909. The van der Waals surface area contributed by atoms with E-state index in [1.165, 1.54) is 12.1 Å². The van der Waals surface area contributed by atoms with Crippen molar-refractivity contribution in [3.05, 3.63) is 28.3 Å². The maximum absolute atomic E-state index is 12.0.